The maximum absolute atomic E-state index is 12.4. The second kappa shape index (κ2) is 10.6. The third kappa shape index (κ3) is 6.08. The Morgan fingerprint density at radius 3 is 2.73 bits per heavy atom. The van der Waals surface area contributed by atoms with Crippen molar-refractivity contribution in [1.29, 1.82) is 0 Å². The third-order valence-corrected chi connectivity index (χ3v) is 6.52. The average molecular weight is 410 g/mol. The quantitative estimate of drug-likeness (QED) is 0.614. The maximum atomic E-state index is 12.4. The van der Waals surface area contributed by atoms with Crippen LogP contribution in [0, 0.1) is 5.92 Å². The number of imidazole rings is 1. The van der Waals surface area contributed by atoms with Crippen molar-refractivity contribution in [3.63, 3.8) is 0 Å². The Morgan fingerprint density at radius 1 is 1.13 bits per heavy atom. The lowest BCUT2D eigenvalue weighted by Gasteiger charge is -2.34. The van der Waals surface area contributed by atoms with Crippen molar-refractivity contribution >= 4 is 17.3 Å². The van der Waals surface area contributed by atoms with Gasteiger partial charge >= 0.3 is 0 Å². The van der Waals surface area contributed by atoms with E-state index >= 15 is 0 Å². The van der Waals surface area contributed by atoms with Crippen LogP contribution < -0.4 is 15.5 Å². The van der Waals surface area contributed by atoms with Crippen molar-refractivity contribution < 1.29 is 4.79 Å². The number of aryl methyl sites for hydroxylation is 1. The number of aromatic nitrogens is 2. The molecule has 0 atom stereocenters. The molecule has 162 valence electrons. The van der Waals surface area contributed by atoms with Crippen molar-refractivity contribution in [2.24, 2.45) is 5.92 Å². The Balaban J connectivity index is 1.18. The molecular weight excluding hydrogens is 374 g/mol. The molecule has 30 heavy (non-hydrogen) atoms. The molecule has 2 aromatic rings. The summed E-state index contributed by atoms with van der Waals surface area (Å²) < 4.78 is 2.13. The Morgan fingerprint density at radius 2 is 1.97 bits per heavy atom. The summed E-state index contributed by atoms with van der Waals surface area (Å²) in [5.41, 5.74) is 2.14. The van der Waals surface area contributed by atoms with Crippen LogP contribution in [-0.2, 0) is 11.3 Å². The second-order valence-corrected chi connectivity index (χ2v) is 8.82. The minimum Gasteiger partial charge on any atom is -0.371 e. The van der Waals surface area contributed by atoms with Crippen LogP contribution in [0.1, 0.15) is 51.4 Å². The molecule has 2 fully saturated rings. The molecule has 1 aliphatic carbocycles. The lowest BCUT2D eigenvalue weighted by atomic mass is 10.0. The number of anilines is 2. The molecule has 6 heteroatoms. The predicted octanol–water partition coefficient (Wildman–Crippen LogP) is 4.05. The van der Waals surface area contributed by atoms with Crippen LogP contribution in [0.2, 0.25) is 0 Å². The summed E-state index contributed by atoms with van der Waals surface area (Å²) in [4.78, 5) is 18.9. The van der Waals surface area contributed by atoms with Crippen LogP contribution in [0.25, 0.3) is 0 Å². The van der Waals surface area contributed by atoms with Crippen LogP contribution in [0.3, 0.4) is 0 Å². The first-order valence-electron chi connectivity index (χ1n) is 11.6. The lowest BCUT2D eigenvalue weighted by Crippen LogP contribution is -2.43. The van der Waals surface area contributed by atoms with E-state index in [0.29, 0.717) is 18.4 Å². The van der Waals surface area contributed by atoms with Gasteiger partial charge in [-0.1, -0.05) is 18.9 Å². The fraction of sp³-hybridized carbons (Fsp3) is 0.583. The van der Waals surface area contributed by atoms with Gasteiger partial charge in [-0.05, 0) is 62.8 Å². The predicted molar refractivity (Wildman–Crippen MR) is 122 cm³/mol. The van der Waals surface area contributed by atoms with E-state index in [4.69, 9.17) is 0 Å². The first-order chi connectivity index (χ1) is 14.8. The van der Waals surface area contributed by atoms with Gasteiger partial charge in [0.25, 0.3) is 0 Å². The number of nitrogens with one attached hydrogen (secondary N) is 2. The summed E-state index contributed by atoms with van der Waals surface area (Å²) >= 11 is 0. The maximum Gasteiger partial charge on any atom is 0.224 e. The monoisotopic (exact) mass is 409 g/mol. The fourth-order valence-electron chi connectivity index (χ4n) is 4.80. The first-order valence-corrected chi connectivity index (χ1v) is 11.6. The fourth-order valence-corrected chi connectivity index (χ4v) is 4.80. The average Bonchev–Trinajstić information content (AvgIpc) is 3.46. The normalized spacial score (nSPS) is 18.1. The number of piperidine rings is 1. The van der Waals surface area contributed by atoms with Crippen LogP contribution in [0.15, 0.2) is 43.0 Å². The molecule has 2 heterocycles. The Kier molecular flexibility index (Phi) is 7.40. The molecule has 1 amide bonds. The first kappa shape index (κ1) is 20.9. The van der Waals surface area contributed by atoms with E-state index < -0.39 is 0 Å². The van der Waals surface area contributed by atoms with E-state index in [2.05, 4.69) is 43.3 Å². The summed E-state index contributed by atoms with van der Waals surface area (Å²) in [5, 5.41) is 6.83. The molecule has 0 spiro atoms. The number of hydrogen-bond acceptors (Lipinski definition) is 4. The van der Waals surface area contributed by atoms with Crippen LogP contribution in [0.4, 0.5) is 11.4 Å². The standard InChI is InChI=1S/C24H35N5O/c30-24(17-20-5-1-2-6-20)27-22-7-3-8-23(18-22)29-14-9-21(10-15-29)26-11-4-13-28-16-12-25-19-28/h3,7-8,12,16,18-21,26H,1-2,4-6,9-11,13-15,17H2,(H,27,30). The molecule has 0 unspecified atom stereocenters. The molecule has 1 aromatic carbocycles. The van der Waals surface area contributed by atoms with Crippen molar-refractivity contribution in [1.82, 2.24) is 14.9 Å². The minimum atomic E-state index is 0.164. The molecule has 1 saturated heterocycles. The summed E-state index contributed by atoms with van der Waals surface area (Å²) in [6.07, 6.45) is 14.8. The van der Waals surface area contributed by atoms with Gasteiger partial charge in [0.2, 0.25) is 5.91 Å². The Labute approximate surface area is 180 Å². The summed E-state index contributed by atoms with van der Waals surface area (Å²) in [6.45, 7) is 4.17. The van der Waals surface area contributed by atoms with Crippen molar-refractivity contribution in [3.8, 4) is 0 Å². The topological polar surface area (TPSA) is 62.2 Å². The van der Waals surface area contributed by atoms with E-state index in [1.54, 1.807) is 0 Å². The minimum absolute atomic E-state index is 0.164. The number of carbonyl (C=O) groups is 1. The van der Waals surface area contributed by atoms with E-state index in [0.717, 1.165) is 51.1 Å². The SMILES string of the molecule is O=C(CC1CCCC1)Nc1cccc(N2CCC(NCCCn3ccnc3)CC2)c1. The van der Waals surface area contributed by atoms with Gasteiger partial charge in [0.1, 0.15) is 0 Å². The molecular formula is C24H35N5O. The van der Waals surface area contributed by atoms with Gasteiger partial charge in [-0.25, -0.2) is 4.98 Å². The van der Waals surface area contributed by atoms with E-state index in [1.807, 2.05) is 24.8 Å². The van der Waals surface area contributed by atoms with Gasteiger partial charge in [0, 0.05) is 55.9 Å². The molecule has 1 saturated carbocycles. The number of hydrogen-bond donors (Lipinski definition) is 2. The largest absolute Gasteiger partial charge is 0.371 e. The molecule has 4 rings (SSSR count). The third-order valence-electron chi connectivity index (χ3n) is 6.52. The number of amides is 1. The highest BCUT2D eigenvalue weighted by atomic mass is 16.1. The zero-order valence-electron chi connectivity index (χ0n) is 17.9. The molecule has 1 aliphatic heterocycles. The van der Waals surface area contributed by atoms with E-state index in [1.165, 1.54) is 31.4 Å². The highest BCUT2D eigenvalue weighted by Gasteiger charge is 2.20. The van der Waals surface area contributed by atoms with Crippen LogP contribution in [0.5, 0.6) is 0 Å². The number of nitrogens with zero attached hydrogens (tertiary/aromatic N) is 3. The summed E-state index contributed by atoms with van der Waals surface area (Å²) in [6, 6.07) is 8.95. The number of benzene rings is 1. The zero-order chi connectivity index (χ0) is 20.6. The summed E-state index contributed by atoms with van der Waals surface area (Å²) in [7, 11) is 0. The number of carbonyl (C=O) groups excluding carboxylic acids is 1. The van der Waals surface area contributed by atoms with Gasteiger partial charge in [0.15, 0.2) is 0 Å². The van der Waals surface area contributed by atoms with Crippen LogP contribution >= 0.6 is 0 Å². The zero-order valence-corrected chi connectivity index (χ0v) is 17.9. The van der Waals surface area contributed by atoms with Gasteiger partial charge in [0.05, 0.1) is 6.33 Å². The Hall–Kier alpha value is -2.34. The van der Waals surface area contributed by atoms with Gasteiger partial charge in [-0.15, -0.1) is 0 Å². The van der Waals surface area contributed by atoms with Crippen molar-refractivity contribution in [3.05, 3.63) is 43.0 Å². The Bertz CT molecular complexity index is 777. The molecule has 6 nitrogen and oxygen atoms in total. The highest BCUT2D eigenvalue weighted by Crippen LogP contribution is 2.28. The van der Waals surface area contributed by atoms with E-state index in [-0.39, 0.29) is 5.91 Å². The molecule has 2 aliphatic rings. The molecule has 0 radical (unpaired) electrons. The molecule has 2 N–H and O–H groups in total. The van der Waals surface area contributed by atoms with Gasteiger partial charge < -0.3 is 20.1 Å². The van der Waals surface area contributed by atoms with Crippen molar-refractivity contribution in [2.45, 2.75) is 64.0 Å². The smallest absolute Gasteiger partial charge is 0.224 e. The highest BCUT2D eigenvalue weighted by molar-refractivity contribution is 5.91. The van der Waals surface area contributed by atoms with Gasteiger partial charge in [-0.3, -0.25) is 4.79 Å². The van der Waals surface area contributed by atoms with Crippen LogP contribution in [-0.4, -0.2) is 41.1 Å². The second-order valence-electron chi connectivity index (χ2n) is 8.82. The van der Waals surface area contributed by atoms with Gasteiger partial charge in [-0.2, -0.15) is 0 Å². The van der Waals surface area contributed by atoms with E-state index in [9.17, 15) is 4.79 Å². The van der Waals surface area contributed by atoms with Crippen molar-refractivity contribution in [2.75, 3.05) is 29.9 Å². The molecule has 1 aromatic heterocycles. The molecule has 0 bridgehead atoms. The number of rotatable bonds is 9. The summed E-state index contributed by atoms with van der Waals surface area (Å²) in [5.74, 6) is 0.748. The lowest BCUT2D eigenvalue weighted by molar-refractivity contribution is -0.117.